The number of aromatic amines is 1. The van der Waals surface area contributed by atoms with Crippen molar-refractivity contribution in [2.75, 3.05) is 10.7 Å². The second-order valence-electron chi connectivity index (χ2n) is 5.46. The Morgan fingerprint density at radius 1 is 1.17 bits per heavy atom. The molecule has 0 spiro atoms. The maximum Gasteiger partial charge on any atom is 0.293 e. The second kappa shape index (κ2) is 5.68. The van der Waals surface area contributed by atoms with Crippen LogP contribution in [0.25, 0.3) is 10.9 Å². The number of hydrogen-bond donors (Lipinski definition) is 1. The number of hydrogen-bond acceptors (Lipinski definition) is 4. The molecule has 0 aliphatic carbocycles. The lowest BCUT2D eigenvalue weighted by Crippen LogP contribution is -2.28. The number of carbonyl (C=O) groups is 1. The van der Waals surface area contributed by atoms with Crippen LogP contribution < -0.4 is 4.90 Å². The van der Waals surface area contributed by atoms with Gasteiger partial charge in [-0.25, -0.2) is 0 Å². The molecule has 1 aromatic heterocycles. The predicted octanol–water partition coefficient (Wildman–Crippen LogP) is 3.85. The van der Waals surface area contributed by atoms with Gasteiger partial charge in [0.2, 0.25) is 5.91 Å². The van der Waals surface area contributed by atoms with Crippen LogP contribution in [-0.2, 0) is 4.79 Å². The number of para-hydroxylation sites is 3. The van der Waals surface area contributed by atoms with Crippen LogP contribution in [0.2, 0.25) is 0 Å². The Labute approximate surface area is 141 Å². The van der Waals surface area contributed by atoms with Gasteiger partial charge in [0.05, 0.1) is 10.7 Å². The standard InChI is InChI=1S/C17H13N3O3S/c21-16-10-24-17(12-9-18-13-6-2-1-5-11(12)13)19(16)14-7-3-4-8-15(14)20(22)23/h1-9,17-18H,10H2/t17-/m0/s1. The smallest absolute Gasteiger partial charge is 0.293 e. The largest absolute Gasteiger partial charge is 0.361 e. The van der Waals surface area contributed by atoms with Crippen LogP contribution in [0.1, 0.15) is 10.9 Å². The fraction of sp³-hybridized carbons (Fsp3) is 0.118. The van der Waals surface area contributed by atoms with Crippen LogP contribution in [0.4, 0.5) is 11.4 Å². The molecule has 7 heteroatoms. The van der Waals surface area contributed by atoms with Crippen molar-refractivity contribution in [1.29, 1.82) is 0 Å². The van der Waals surface area contributed by atoms with Gasteiger partial charge in [0.25, 0.3) is 5.69 Å². The van der Waals surface area contributed by atoms with E-state index in [1.54, 1.807) is 23.1 Å². The van der Waals surface area contributed by atoms with Crippen LogP contribution in [0.3, 0.4) is 0 Å². The van der Waals surface area contributed by atoms with Crippen molar-refractivity contribution in [2.24, 2.45) is 0 Å². The van der Waals surface area contributed by atoms with Gasteiger partial charge in [0.1, 0.15) is 11.1 Å². The summed E-state index contributed by atoms with van der Waals surface area (Å²) in [6.45, 7) is 0. The van der Waals surface area contributed by atoms with Gasteiger partial charge in [-0.05, 0) is 12.1 Å². The summed E-state index contributed by atoms with van der Waals surface area (Å²) < 4.78 is 0. The van der Waals surface area contributed by atoms with Crippen LogP contribution in [0, 0.1) is 10.1 Å². The summed E-state index contributed by atoms with van der Waals surface area (Å²) in [5.41, 5.74) is 2.22. The van der Waals surface area contributed by atoms with Gasteiger partial charge in [0.15, 0.2) is 0 Å². The minimum Gasteiger partial charge on any atom is -0.361 e. The Hall–Kier alpha value is -2.80. The third-order valence-electron chi connectivity index (χ3n) is 4.09. The summed E-state index contributed by atoms with van der Waals surface area (Å²) in [7, 11) is 0. The number of nitro benzene ring substituents is 1. The van der Waals surface area contributed by atoms with E-state index < -0.39 is 4.92 Å². The average Bonchev–Trinajstić information content (AvgIpc) is 3.18. The van der Waals surface area contributed by atoms with E-state index in [4.69, 9.17) is 0 Å². The molecule has 6 nitrogen and oxygen atoms in total. The summed E-state index contributed by atoms with van der Waals surface area (Å²) in [5, 5.41) is 12.1. The van der Waals surface area contributed by atoms with Crippen molar-refractivity contribution in [3.63, 3.8) is 0 Å². The number of carbonyl (C=O) groups excluding carboxylic acids is 1. The van der Waals surface area contributed by atoms with Crippen LogP contribution in [0.5, 0.6) is 0 Å². The fourth-order valence-electron chi connectivity index (χ4n) is 3.04. The van der Waals surface area contributed by atoms with E-state index in [0.29, 0.717) is 11.4 Å². The molecule has 1 N–H and O–H groups in total. The number of benzene rings is 2. The van der Waals surface area contributed by atoms with Gasteiger partial charge in [-0.15, -0.1) is 11.8 Å². The number of nitrogens with one attached hydrogen (secondary N) is 1. The summed E-state index contributed by atoms with van der Waals surface area (Å²) in [6, 6.07) is 14.2. The second-order valence-corrected chi connectivity index (χ2v) is 6.53. The minimum atomic E-state index is -0.447. The number of aromatic nitrogens is 1. The Morgan fingerprint density at radius 2 is 1.92 bits per heavy atom. The molecule has 1 aliphatic heterocycles. The molecule has 1 saturated heterocycles. The number of H-pyrrole nitrogens is 1. The summed E-state index contributed by atoms with van der Waals surface area (Å²) in [5.74, 6) is 0.181. The number of amides is 1. The molecule has 0 radical (unpaired) electrons. The molecular weight excluding hydrogens is 326 g/mol. The number of anilines is 1. The molecule has 0 unspecified atom stereocenters. The van der Waals surface area contributed by atoms with Gasteiger partial charge in [-0.2, -0.15) is 0 Å². The molecule has 0 bridgehead atoms. The molecule has 120 valence electrons. The van der Waals surface area contributed by atoms with Crippen molar-refractivity contribution in [3.05, 3.63) is 70.4 Å². The average molecular weight is 339 g/mol. The van der Waals surface area contributed by atoms with Crippen molar-refractivity contribution < 1.29 is 9.72 Å². The number of fused-ring (bicyclic) bond motifs is 1. The van der Waals surface area contributed by atoms with Gasteiger partial charge >= 0.3 is 0 Å². The Kier molecular flexibility index (Phi) is 3.50. The third-order valence-corrected chi connectivity index (χ3v) is 5.29. The number of nitrogens with zero attached hydrogens (tertiary/aromatic N) is 2. The molecule has 2 heterocycles. The van der Waals surface area contributed by atoms with Crippen LogP contribution in [-0.4, -0.2) is 21.6 Å². The minimum absolute atomic E-state index is 0.0572. The van der Waals surface area contributed by atoms with E-state index in [9.17, 15) is 14.9 Å². The van der Waals surface area contributed by atoms with Crippen molar-refractivity contribution in [3.8, 4) is 0 Å². The first-order chi connectivity index (χ1) is 11.7. The highest BCUT2D eigenvalue weighted by atomic mass is 32.2. The zero-order valence-electron chi connectivity index (χ0n) is 12.5. The summed E-state index contributed by atoms with van der Waals surface area (Å²) in [4.78, 5) is 28.1. The van der Waals surface area contributed by atoms with E-state index in [2.05, 4.69) is 4.98 Å². The van der Waals surface area contributed by atoms with Gasteiger partial charge in [-0.1, -0.05) is 30.3 Å². The first kappa shape index (κ1) is 14.8. The van der Waals surface area contributed by atoms with Crippen molar-refractivity contribution in [2.45, 2.75) is 5.37 Å². The zero-order chi connectivity index (χ0) is 16.7. The molecule has 1 aliphatic rings. The van der Waals surface area contributed by atoms with Gasteiger partial charge < -0.3 is 4.98 Å². The molecule has 0 saturated carbocycles. The maximum atomic E-state index is 12.5. The van der Waals surface area contributed by atoms with Crippen molar-refractivity contribution >= 4 is 39.9 Å². The van der Waals surface area contributed by atoms with Crippen molar-refractivity contribution in [1.82, 2.24) is 4.98 Å². The monoisotopic (exact) mass is 339 g/mol. The molecule has 2 aromatic carbocycles. The molecule has 1 amide bonds. The fourth-order valence-corrected chi connectivity index (χ4v) is 4.23. The Morgan fingerprint density at radius 3 is 2.75 bits per heavy atom. The Bertz CT molecular complexity index is 953. The highest BCUT2D eigenvalue weighted by Crippen LogP contribution is 2.46. The SMILES string of the molecule is O=C1CS[C@@H](c2c[nH]c3ccccc23)N1c1ccccc1[N+](=O)[O-]. The summed E-state index contributed by atoms with van der Waals surface area (Å²) in [6.07, 6.45) is 1.88. The lowest BCUT2D eigenvalue weighted by atomic mass is 10.1. The highest BCUT2D eigenvalue weighted by Gasteiger charge is 2.38. The van der Waals surface area contributed by atoms with Gasteiger partial charge in [-0.3, -0.25) is 19.8 Å². The molecule has 3 aromatic rings. The van der Waals surface area contributed by atoms with E-state index in [0.717, 1.165) is 16.5 Å². The van der Waals surface area contributed by atoms with Crippen LogP contribution in [0.15, 0.2) is 54.7 Å². The van der Waals surface area contributed by atoms with E-state index in [1.807, 2.05) is 30.5 Å². The van der Waals surface area contributed by atoms with Crippen LogP contribution >= 0.6 is 11.8 Å². The molecule has 1 atom stereocenters. The predicted molar refractivity (Wildman–Crippen MR) is 94.1 cm³/mol. The molecule has 1 fully saturated rings. The quantitative estimate of drug-likeness (QED) is 0.580. The zero-order valence-corrected chi connectivity index (χ0v) is 13.3. The summed E-state index contributed by atoms with van der Waals surface area (Å²) >= 11 is 1.48. The maximum absolute atomic E-state index is 12.5. The number of thioether (sulfide) groups is 1. The van der Waals surface area contributed by atoms with E-state index >= 15 is 0 Å². The third kappa shape index (κ3) is 2.25. The topological polar surface area (TPSA) is 79.2 Å². The normalized spacial score (nSPS) is 17.6. The highest BCUT2D eigenvalue weighted by molar-refractivity contribution is 8.00. The first-order valence-corrected chi connectivity index (χ1v) is 8.45. The molecule has 24 heavy (non-hydrogen) atoms. The lowest BCUT2D eigenvalue weighted by Gasteiger charge is -2.23. The first-order valence-electron chi connectivity index (χ1n) is 7.40. The molecular formula is C17H13N3O3S. The number of rotatable bonds is 3. The number of nitro groups is 1. The van der Waals surface area contributed by atoms with Gasteiger partial charge in [0, 0.05) is 28.7 Å². The van der Waals surface area contributed by atoms with E-state index in [-0.39, 0.29) is 17.0 Å². The lowest BCUT2D eigenvalue weighted by molar-refractivity contribution is -0.384. The van der Waals surface area contributed by atoms with E-state index in [1.165, 1.54) is 17.8 Å². The molecule has 4 rings (SSSR count). The Balaban J connectivity index is 1.85.